The zero-order valence-electron chi connectivity index (χ0n) is 8.58. The van der Waals surface area contributed by atoms with Crippen LogP contribution in [0, 0.1) is 0 Å². The third-order valence-electron chi connectivity index (χ3n) is 2.85. The number of nitrogens with two attached hydrogens (primary N) is 1. The lowest BCUT2D eigenvalue weighted by atomic mass is 10.1. The van der Waals surface area contributed by atoms with Crippen LogP contribution in [0.3, 0.4) is 0 Å². The van der Waals surface area contributed by atoms with Crippen molar-refractivity contribution in [3.63, 3.8) is 0 Å². The Bertz CT molecular complexity index is 579. The maximum atomic E-state index is 11.6. The zero-order valence-corrected chi connectivity index (χ0v) is 8.58. The second-order valence-electron chi connectivity index (χ2n) is 3.96. The van der Waals surface area contributed by atoms with Crippen LogP contribution in [0.2, 0.25) is 0 Å². The molecule has 7 heteroatoms. The van der Waals surface area contributed by atoms with E-state index in [1.54, 1.807) is 0 Å². The Balaban J connectivity index is 2.15. The summed E-state index contributed by atoms with van der Waals surface area (Å²) in [4.78, 5) is 25.3. The Labute approximate surface area is 90.5 Å². The van der Waals surface area contributed by atoms with Gasteiger partial charge in [-0.3, -0.25) is 9.78 Å². The minimum atomic E-state index is -0.271. The monoisotopic (exact) mass is 220 g/mol. The largest absolute Gasteiger partial charge is 0.369 e. The minimum Gasteiger partial charge on any atom is -0.369 e. The van der Waals surface area contributed by atoms with Gasteiger partial charge in [-0.05, 0) is 13.0 Å². The number of anilines is 1. The topological polar surface area (TPSA) is 112 Å². The lowest BCUT2D eigenvalue weighted by molar-refractivity contribution is 0.717. The first-order valence-electron chi connectivity index (χ1n) is 5.20. The molecular formula is C9H12N6O. The van der Waals surface area contributed by atoms with Gasteiger partial charge in [-0.2, -0.15) is 4.98 Å². The smallest absolute Gasteiger partial charge is 0.278 e. The molecule has 0 aliphatic carbocycles. The molecule has 2 aromatic rings. The predicted molar refractivity (Wildman–Crippen MR) is 59.1 cm³/mol. The molecule has 7 nitrogen and oxygen atoms in total. The van der Waals surface area contributed by atoms with Crippen LogP contribution >= 0.6 is 0 Å². The molecule has 1 unspecified atom stereocenters. The number of H-pyrrole nitrogens is 2. The van der Waals surface area contributed by atoms with Gasteiger partial charge in [0.1, 0.15) is 5.82 Å². The number of aromatic amines is 2. The number of hydrogen-bond acceptors (Lipinski definition) is 5. The van der Waals surface area contributed by atoms with E-state index in [9.17, 15) is 4.79 Å². The van der Waals surface area contributed by atoms with Crippen molar-refractivity contribution in [2.75, 3.05) is 18.8 Å². The summed E-state index contributed by atoms with van der Waals surface area (Å²) in [6.45, 7) is 1.86. The number of fused-ring (bicyclic) bond motifs is 1. The standard InChI is InChI=1S/C9H12N6O/c10-9-14-7-5(8(16)15-9)12-6(13-7)4-1-2-11-3-4/h4,11H,1-3H2,(H4,10,12,13,14,15,16). The molecular weight excluding hydrogens is 208 g/mol. The SMILES string of the molecule is Nc1nc2nc(C3CCNC3)[nH]c2c(=O)[nH]1. The molecule has 1 aliphatic heterocycles. The van der Waals surface area contributed by atoms with E-state index >= 15 is 0 Å². The van der Waals surface area contributed by atoms with Crippen LogP contribution in [0.25, 0.3) is 11.2 Å². The fraction of sp³-hybridized carbons (Fsp3) is 0.444. The predicted octanol–water partition coefficient (Wildman–Crippen LogP) is -0.695. The quantitative estimate of drug-likeness (QED) is 0.508. The van der Waals surface area contributed by atoms with Gasteiger partial charge in [0.25, 0.3) is 5.56 Å². The van der Waals surface area contributed by atoms with Crippen molar-refractivity contribution in [1.82, 2.24) is 25.3 Å². The Hall–Kier alpha value is -1.89. The highest BCUT2D eigenvalue weighted by Gasteiger charge is 2.21. The molecule has 1 atom stereocenters. The molecule has 84 valence electrons. The molecule has 1 aliphatic rings. The second kappa shape index (κ2) is 3.31. The van der Waals surface area contributed by atoms with Crippen molar-refractivity contribution in [1.29, 1.82) is 0 Å². The van der Waals surface area contributed by atoms with Crippen LogP contribution < -0.4 is 16.6 Å². The van der Waals surface area contributed by atoms with E-state index in [1.165, 1.54) is 0 Å². The van der Waals surface area contributed by atoms with Crippen LogP contribution in [-0.2, 0) is 0 Å². The number of aromatic nitrogens is 4. The highest BCUT2D eigenvalue weighted by molar-refractivity contribution is 5.70. The number of nitrogen functional groups attached to an aromatic ring is 1. The van der Waals surface area contributed by atoms with Crippen LogP contribution in [0.4, 0.5) is 5.95 Å². The summed E-state index contributed by atoms with van der Waals surface area (Å²) in [6, 6.07) is 0. The number of nitrogens with zero attached hydrogens (tertiary/aromatic N) is 2. The van der Waals surface area contributed by atoms with E-state index < -0.39 is 0 Å². The zero-order chi connectivity index (χ0) is 11.1. The molecule has 0 saturated carbocycles. The maximum Gasteiger partial charge on any atom is 0.278 e. The first-order valence-corrected chi connectivity index (χ1v) is 5.20. The molecule has 0 spiro atoms. The Morgan fingerprint density at radius 3 is 2.94 bits per heavy atom. The first kappa shape index (κ1) is 9.34. The van der Waals surface area contributed by atoms with E-state index in [0.717, 1.165) is 25.3 Å². The van der Waals surface area contributed by atoms with Gasteiger partial charge in [0.2, 0.25) is 5.95 Å². The molecule has 1 fully saturated rings. The van der Waals surface area contributed by atoms with E-state index in [0.29, 0.717) is 17.1 Å². The summed E-state index contributed by atoms with van der Waals surface area (Å²) in [5.41, 5.74) is 5.97. The summed E-state index contributed by atoms with van der Waals surface area (Å²) in [5.74, 6) is 1.23. The van der Waals surface area contributed by atoms with Crippen molar-refractivity contribution in [2.45, 2.75) is 12.3 Å². The molecule has 0 amide bonds. The lowest BCUT2D eigenvalue weighted by Gasteiger charge is -2.01. The van der Waals surface area contributed by atoms with E-state index in [-0.39, 0.29) is 11.5 Å². The summed E-state index contributed by atoms with van der Waals surface area (Å²) < 4.78 is 0. The van der Waals surface area contributed by atoms with Crippen LogP contribution in [0.15, 0.2) is 4.79 Å². The van der Waals surface area contributed by atoms with E-state index in [4.69, 9.17) is 5.73 Å². The van der Waals surface area contributed by atoms with Crippen molar-refractivity contribution < 1.29 is 0 Å². The molecule has 0 radical (unpaired) electrons. The molecule has 5 N–H and O–H groups in total. The summed E-state index contributed by atoms with van der Waals surface area (Å²) in [5, 5.41) is 3.25. The average Bonchev–Trinajstić information content (AvgIpc) is 2.82. The van der Waals surface area contributed by atoms with Gasteiger partial charge in [0.15, 0.2) is 11.2 Å². The molecule has 3 rings (SSSR count). The lowest BCUT2D eigenvalue weighted by Crippen LogP contribution is -2.11. The molecule has 0 bridgehead atoms. The van der Waals surface area contributed by atoms with Gasteiger partial charge >= 0.3 is 0 Å². The Morgan fingerprint density at radius 1 is 1.31 bits per heavy atom. The minimum absolute atomic E-state index is 0.0973. The number of nitrogens with one attached hydrogen (secondary N) is 3. The molecule has 16 heavy (non-hydrogen) atoms. The van der Waals surface area contributed by atoms with E-state index in [1.807, 2.05) is 0 Å². The number of imidazole rings is 1. The van der Waals surface area contributed by atoms with Gasteiger partial charge in [0.05, 0.1) is 0 Å². The first-order chi connectivity index (χ1) is 7.74. The summed E-state index contributed by atoms with van der Waals surface area (Å²) in [6.07, 6.45) is 1.02. The molecule has 1 saturated heterocycles. The maximum absolute atomic E-state index is 11.6. The van der Waals surface area contributed by atoms with Gasteiger partial charge in [-0.1, -0.05) is 0 Å². The van der Waals surface area contributed by atoms with Gasteiger partial charge in [0, 0.05) is 12.5 Å². The molecule has 2 aromatic heterocycles. The van der Waals surface area contributed by atoms with E-state index in [2.05, 4.69) is 25.3 Å². The fourth-order valence-corrected chi connectivity index (χ4v) is 2.02. The molecule has 3 heterocycles. The normalized spacial score (nSPS) is 20.6. The Kier molecular flexibility index (Phi) is 1.93. The van der Waals surface area contributed by atoms with Crippen LogP contribution in [0.5, 0.6) is 0 Å². The second-order valence-corrected chi connectivity index (χ2v) is 3.96. The van der Waals surface area contributed by atoms with Crippen LogP contribution in [-0.4, -0.2) is 33.0 Å². The average molecular weight is 220 g/mol. The van der Waals surface area contributed by atoms with Crippen LogP contribution in [0.1, 0.15) is 18.2 Å². The van der Waals surface area contributed by atoms with Gasteiger partial charge in [-0.15, -0.1) is 0 Å². The highest BCUT2D eigenvalue weighted by atomic mass is 16.1. The number of rotatable bonds is 1. The highest BCUT2D eigenvalue weighted by Crippen LogP contribution is 2.20. The fourth-order valence-electron chi connectivity index (χ4n) is 2.02. The summed E-state index contributed by atoms with van der Waals surface area (Å²) >= 11 is 0. The van der Waals surface area contributed by atoms with Crippen molar-refractivity contribution in [3.8, 4) is 0 Å². The van der Waals surface area contributed by atoms with Crippen molar-refractivity contribution >= 4 is 17.1 Å². The third kappa shape index (κ3) is 1.36. The molecule has 0 aromatic carbocycles. The Morgan fingerprint density at radius 2 is 2.19 bits per heavy atom. The van der Waals surface area contributed by atoms with Crippen molar-refractivity contribution in [2.24, 2.45) is 0 Å². The van der Waals surface area contributed by atoms with Gasteiger partial charge < -0.3 is 16.0 Å². The third-order valence-corrected chi connectivity index (χ3v) is 2.85. The van der Waals surface area contributed by atoms with Gasteiger partial charge in [-0.25, -0.2) is 4.98 Å². The number of hydrogen-bond donors (Lipinski definition) is 4. The van der Waals surface area contributed by atoms with Crippen molar-refractivity contribution in [3.05, 3.63) is 16.2 Å². The summed E-state index contributed by atoms with van der Waals surface area (Å²) in [7, 11) is 0.